The second-order valence-corrected chi connectivity index (χ2v) is 13.5. The highest BCUT2D eigenvalue weighted by Crippen LogP contribution is 2.56. The summed E-state index contributed by atoms with van der Waals surface area (Å²) < 4.78 is 19.0. The minimum Gasteiger partial charge on any atom is -0.466 e. The molecule has 1 fully saturated rings. The normalized spacial score (nSPS) is 23.1. The summed E-state index contributed by atoms with van der Waals surface area (Å²) in [5.41, 5.74) is 2.28. The fourth-order valence-electron chi connectivity index (χ4n) is 4.85. The number of hydrogen-bond donors (Lipinski definition) is 0. The van der Waals surface area contributed by atoms with Gasteiger partial charge in [0.1, 0.15) is 11.6 Å². The first-order chi connectivity index (χ1) is 14.4. The summed E-state index contributed by atoms with van der Waals surface area (Å²) in [5.74, 6) is -0.178. The molecule has 4 nitrogen and oxygen atoms in total. The standard InChI is InChI=1S/C25H34O4Si/c1-6-27-25(26)24-23(28-17-20-13-9-7-10-14-20)22(21-15-11-8-12-16-21)29-30(24,18(2)3)19(4)5/h7-16,18-19,22-24H,6,17H2,1-5H3/t22-,23-,24?/m1/s1. The van der Waals surface area contributed by atoms with Crippen molar-refractivity contribution in [1.82, 2.24) is 0 Å². The predicted molar refractivity (Wildman–Crippen MR) is 122 cm³/mol. The third kappa shape index (κ3) is 4.38. The molecule has 0 spiro atoms. The maximum absolute atomic E-state index is 13.3. The molecule has 30 heavy (non-hydrogen) atoms. The van der Waals surface area contributed by atoms with Gasteiger partial charge in [-0.2, -0.15) is 0 Å². The van der Waals surface area contributed by atoms with E-state index in [0.29, 0.717) is 13.2 Å². The summed E-state index contributed by atoms with van der Waals surface area (Å²) in [6.45, 7) is 11.4. The highest BCUT2D eigenvalue weighted by Gasteiger charge is 2.64. The van der Waals surface area contributed by atoms with Gasteiger partial charge >= 0.3 is 5.97 Å². The Labute approximate surface area is 181 Å². The highest BCUT2D eigenvalue weighted by molar-refractivity contribution is 6.81. The SMILES string of the molecule is CCOC(=O)C1[C@H](OCc2ccccc2)[C@@H](c2ccccc2)O[Si]1(C(C)C)C(C)C. The lowest BCUT2D eigenvalue weighted by Crippen LogP contribution is -2.50. The molecule has 0 bridgehead atoms. The van der Waals surface area contributed by atoms with E-state index in [0.717, 1.165) is 11.1 Å². The first-order valence-corrected chi connectivity index (χ1v) is 13.1. The second kappa shape index (κ2) is 9.90. The van der Waals surface area contributed by atoms with E-state index in [9.17, 15) is 4.79 Å². The van der Waals surface area contributed by atoms with Crippen LogP contribution < -0.4 is 0 Å². The molecule has 1 heterocycles. The van der Waals surface area contributed by atoms with Gasteiger partial charge < -0.3 is 13.9 Å². The summed E-state index contributed by atoms with van der Waals surface area (Å²) in [4.78, 5) is 13.3. The third-order valence-corrected chi connectivity index (χ3v) is 12.0. The van der Waals surface area contributed by atoms with Gasteiger partial charge in [0.05, 0.1) is 19.3 Å². The van der Waals surface area contributed by atoms with E-state index >= 15 is 0 Å². The second-order valence-electron chi connectivity index (χ2n) is 8.60. The van der Waals surface area contributed by atoms with Gasteiger partial charge in [-0.1, -0.05) is 88.4 Å². The molecular formula is C25H34O4Si. The van der Waals surface area contributed by atoms with E-state index < -0.39 is 8.32 Å². The van der Waals surface area contributed by atoms with Crippen LogP contribution in [0, 0.1) is 0 Å². The Hall–Kier alpha value is -1.95. The molecular weight excluding hydrogens is 392 g/mol. The molecule has 162 valence electrons. The van der Waals surface area contributed by atoms with Crippen molar-refractivity contribution in [3.63, 3.8) is 0 Å². The summed E-state index contributed by atoms with van der Waals surface area (Å²) in [6.07, 6.45) is -0.649. The smallest absolute Gasteiger partial charge is 0.311 e. The molecule has 2 aromatic carbocycles. The average Bonchev–Trinajstić information content (AvgIpc) is 3.10. The van der Waals surface area contributed by atoms with Gasteiger partial charge in [-0.15, -0.1) is 0 Å². The molecule has 1 unspecified atom stereocenters. The lowest BCUT2D eigenvalue weighted by atomic mass is 10.0. The Balaban J connectivity index is 2.05. The summed E-state index contributed by atoms with van der Waals surface area (Å²) in [7, 11) is -2.56. The molecule has 0 aromatic heterocycles. The van der Waals surface area contributed by atoms with Crippen LogP contribution >= 0.6 is 0 Å². The van der Waals surface area contributed by atoms with Gasteiger partial charge in [0.25, 0.3) is 0 Å². The van der Waals surface area contributed by atoms with Crippen LogP contribution in [-0.4, -0.2) is 27.0 Å². The van der Waals surface area contributed by atoms with Crippen LogP contribution in [0.1, 0.15) is 51.8 Å². The number of benzene rings is 2. The quantitative estimate of drug-likeness (QED) is 0.381. The zero-order valence-corrected chi connectivity index (χ0v) is 19.7. The molecule has 1 saturated heterocycles. The van der Waals surface area contributed by atoms with E-state index in [1.165, 1.54) is 0 Å². The van der Waals surface area contributed by atoms with Crippen molar-refractivity contribution in [3.8, 4) is 0 Å². The fourth-order valence-corrected chi connectivity index (χ4v) is 10.3. The monoisotopic (exact) mass is 426 g/mol. The summed E-state index contributed by atoms with van der Waals surface area (Å²) in [5, 5.41) is 0. The first kappa shape index (κ1) is 22.7. The number of carbonyl (C=O) groups is 1. The lowest BCUT2D eigenvalue weighted by molar-refractivity contribution is -0.147. The van der Waals surface area contributed by atoms with Crippen molar-refractivity contribution < 1.29 is 18.7 Å². The van der Waals surface area contributed by atoms with Gasteiger partial charge in [-0.3, -0.25) is 4.79 Å². The molecule has 0 saturated carbocycles. The Kier molecular flexibility index (Phi) is 7.50. The number of hydrogen-bond acceptors (Lipinski definition) is 4. The van der Waals surface area contributed by atoms with Crippen LogP contribution in [0.2, 0.25) is 16.6 Å². The maximum Gasteiger partial charge on any atom is 0.311 e. The van der Waals surface area contributed by atoms with Crippen molar-refractivity contribution in [1.29, 1.82) is 0 Å². The minimum absolute atomic E-state index is 0.178. The molecule has 5 heteroatoms. The molecule has 2 aromatic rings. The summed E-state index contributed by atoms with van der Waals surface area (Å²) in [6, 6.07) is 20.2. The van der Waals surface area contributed by atoms with Crippen LogP contribution in [0.15, 0.2) is 60.7 Å². The zero-order valence-electron chi connectivity index (χ0n) is 18.7. The Morgan fingerprint density at radius 3 is 2.07 bits per heavy atom. The number of esters is 1. The fraction of sp³-hybridized carbons (Fsp3) is 0.480. The van der Waals surface area contributed by atoms with E-state index in [1.807, 2.05) is 55.5 Å². The maximum atomic E-state index is 13.3. The highest BCUT2D eigenvalue weighted by atomic mass is 28.4. The van der Waals surface area contributed by atoms with Crippen molar-refractivity contribution in [2.75, 3.05) is 6.61 Å². The Bertz CT molecular complexity index is 798. The molecule has 0 aliphatic carbocycles. The first-order valence-electron chi connectivity index (χ1n) is 11.0. The van der Waals surface area contributed by atoms with Crippen LogP contribution in [0.5, 0.6) is 0 Å². The third-order valence-electron chi connectivity index (χ3n) is 6.20. The minimum atomic E-state index is -2.56. The molecule has 3 rings (SSSR count). The topological polar surface area (TPSA) is 44.8 Å². The average molecular weight is 427 g/mol. The largest absolute Gasteiger partial charge is 0.466 e. The van der Waals surface area contributed by atoms with Gasteiger partial charge in [0.15, 0.2) is 0 Å². The van der Waals surface area contributed by atoms with E-state index in [-0.39, 0.29) is 34.8 Å². The predicted octanol–water partition coefficient (Wildman–Crippen LogP) is 6.04. The van der Waals surface area contributed by atoms with Crippen molar-refractivity contribution in [2.45, 2.75) is 70.1 Å². The number of rotatable bonds is 8. The van der Waals surface area contributed by atoms with Crippen molar-refractivity contribution in [3.05, 3.63) is 71.8 Å². The van der Waals surface area contributed by atoms with Gasteiger partial charge in [-0.25, -0.2) is 0 Å². The Morgan fingerprint density at radius 2 is 1.53 bits per heavy atom. The van der Waals surface area contributed by atoms with Crippen LogP contribution in [0.4, 0.5) is 0 Å². The Morgan fingerprint density at radius 1 is 0.967 bits per heavy atom. The van der Waals surface area contributed by atoms with Gasteiger partial charge in [-0.05, 0) is 29.1 Å². The molecule has 0 radical (unpaired) electrons. The number of carbonyl (C=O) groups excluding carboxylic acids is 1. The van der Waals surface area contributed by atoms with Gasteiger partial charge in [0.2, 0.25) is 8.32 Å². The molecule has 1 aliphatic heterocycles. The van der Waals surface area contributed by atoms with Crippen molar-refractivity contribution >= 4 is 14.3 Å². The van der Waals surface area contributed by atoms with Crippen LogP contribution in [-0.2, 0) is 25.3 Å². The van der Waals surface area contributed by atoms with E-state index in [1.54, 1.807) is 0 Å². The van der Waals surface area contributed by atoms with Crippen LogP contribution in [0.25, 0.3) is 0 Å². The molecule has 0 N–H and O–H groups in total. The number of ether oxygens (including phenoxy) is 2. The zero-order chi connectivity index (χ0) is 21.7. The van der Waals surface area contributed by atoms with Crippen molar-refractivity contribution in [2.24, 2.45) is 0 Å². The summed E-state index contributed by atoms with van der Waals surface area (Å²) >= 11 is 0. The van der Waals surface area contributed by atoms with E-state index in [2.05, 4.69) is 39.8 Å². The van der Waals surface area contributed by atoms with Crippen LogP contribution in [0.3, 0.4) is 0 Å². The molecule has 3 atom stereocenters. The van der Waals surface area contributed by atoms with Gasteiger partial charge in [0, 0.05) is 0 Å². The van der Waals surface area contributed by atoms with E-state index in [4.69, 9.17) is 13.9 Å². The molecule has 1 aliphatic rings. The molecule has 0 amide bonds. The lowest BCUT2D eigenvalue weighted by Gasteiger charge is -2.38.